The van der Waals surface area contributed by atoms with Gasteiger partial charge in [-0.3, -0.25) is 4.79 Å². The summed E-state index contributed by atoms with van der Waals surface area (Å²) in [5, 5.41) is 14.5. The Hall–Kier alpha value is -2.81. The normalized spacial score (nSPS) is 11.3. The number of benzene rings is 1. The van der Waals surface area contributed by atoms with Crippen molar-refractivity contribution >= 4 is 17.6 Å². The summed E-state index contributed by atoms with van der Waals surface area (Å²) in [6, 6.07) is 8.47. The summed E-state index contributed by atoms with van der Waals surface area (Å²) in [4.78, 5) is 23.4. The number of nitriles is 1. The van der Waals surface area contributed by atoms with E-state index in [4.69, 9.17) is 5.26 Å². The lowest BCUT2D eigenvalue weighted by atomic mass is 10.1. The molecule has 0 aliphatic heterocycles. The van der Waals surface area contributed by atoms with E-state index in [0.29, 0.717) is 11.3 Å². The summed E-state index contributed by atoms with van der Waals surface area (Å²) < 4.78 is 4.47. The van der Waals surface area contributed by atoms with Crippen LogP contribution in [0.4, 0.5) is 5.69 Å². The summed E-state index contributed by atoms with van der Waals surface area (Å²) in [5.41, 5.74) is 0.564. The Kier molecular flexibility index (Phi) is 5.70. The number of hydrogen-bond acceptors (Lipinski definition) is 5. The average Bonchev–Trinajstić information content (AvgIpc) is 2.46. The van der Waals surface area contributed by atoms with Crippen LogP contribution >= 0.6 is 0 Å². The summed E-state index contributed by atoms with van der Waals surface area (Å²) in [6.45, 7) is 5.68. The lowest BCUT2D eigenvalue weighted by Crippen LogP contribution is -2.40. The third-order valence-corrected chi connectivity index (χ3v) is 2.52. The van der Waals surface area contributed by atoms with Crippen LogP contribution in [0.3, 0.4) is 0 Å². The van der Waals surface area contributed by atoms with E-state index < -0.39 is 5.97 Å². The molecule has 0 aliphatic carbocycles. The van der Waals surface area contributed by atoms with E-state index >= 15 is 0 Å². The number of ether oxygens (including phenoxy) is 1. The molecule has 0 atom stereocenters. The van der Waals surface area contributed by atoms with Crippen molar-refractivity contribution < 1.29 is 14.3 Å². The van der Waals surface area contributed by atoms with Gasteiger partial charge >= 0.3 is 5.97 Å². The fourth-order valence-electron chi connectivity index (χ4n) is 1.57. The molecule has 0 aromatic heterocycles. The van der Waals surface area contributed by atoms with Gasteiger partial charge in [-0.2, -0.15) is 5.26 Å². The van der Waals surface area contributed by atoms with E-state index in [1.165, 1.54) is 13.3 Å². The SMILES string of the molecule is COC(=O)/C(C#N)=C\Nc1cccc(C(=O)NC(C)(C)C)c1. The van der Waals surface area contributed by atoms with Gasteiger partial charge in [0.1, 0.15) is 6.07 Å². The standard InChI is InChI=1S/C16H19N3O3/c1-16(2,3)19-14(20)11-6-5-7-13(8-11)18-10-12(9-17)15(21)22-4/h5-8,10,18H,1-4H3,(H,19,20)/b12-10-. The molecule has 1 amide bonds. The molecule has 0 aliphatic rings. The van der Waals surface area contributed by atoms with Crippen LogP contribution in [0.25, 0.3) is 0 Å². The van der Waals surface area contributed by atoms with Crippen LogP contribution < -0.4 is 10.6 Å². The van der Waals surface area contributed by atoms with Crippen molar-refractivity contribution in [3.63, 3.8) is 0 Å². The monoisotopic (exact) mass is 301 g/mol. The highest BCUT2D eigenvalue weighted by molar-refractivity contribution is 5.96. The molecule has 0 saturated carbocycles. The van der Waals surface area contributed by atoms with Gasteiger partial charge in [0.25, 0.3) is 5.91 Å². The van der Waals surface area contributed by atoms with Crippen LogP contribution in [0.5, 0.6) is 0 Å². The molecule has 22 heavy (non-hydrogen) atoms. The molecule has 1 aromatic carbocycles. The molecule has 0 bridgehead atoms. The molecule has 0 spiro atoms. The molecule has 6 nitrogen and oxygen atoms in total. The number of methoxy groups -OCH3 is 1. The van der Waals surface area contributed by atoms with Gasteiger partial charge in [0.2, 0.25) is 0 Å². The Labute approximate surface area is 129 Å². The smallest absolute Gasteiger partial charge is 0.350 e. The van der Waals surface area contributed by atoms with Gasteiger partial charge in [0.05, 0.1) is 7.11 Å². The number of nitrogens with one attached hydrogen (secondary N) is 2. The van der Waals surface area contributed by atoms with Gasteiger partial charge in [0.15, 0.2) is 5.57 Å². The fourth-order valence-corrected chi connectivity index (χ4v) is 1.57. The number of anilines is 1. The molecular formula is C16H19N3O3. The Morgan fingerprint density at radius 2 is 2.00 bits per heavy atom. The topological polar surface area (TPSA) is 91.2 Å². The van der Waals surface area contributed by atoms with Gasteiger partial charge in [0, 0.05) is 23.0 Å². The van der Waals surface area contributed by atoms with Crippen LogP contribution in [-0.2, 0) is 9.53 Å². The maximum Gasteiger partial charge on any atom is 0.350 e. The maximum atomic E-state index is 12.1. The molecule has 0 saturated heterocycles. The van der Waals surface area contributed by atoms with E-state index in [0.717, 1.165) is 0 Å². The van der Waals surface area contributed by atoms with E-state index in [1.54, 1.807) is 30.3 Å². The second-order valence-corrected chi connectivity index (χ2v) is 5.59. The Balaban J connectivity index is 2.89. The Bertz CT molecular complexity index is 637. The van der Waals surface area contributed by atoms with Crippen LogP contribution in [-0.4, -0.2) is 24.5 Å². The molecular weight excluding hydrogens is 282 g/mol. The highest BCUT2D eigenvalue weighted by Gasteiger charge is 2.15. The first-order chi connectivity index (χ1) is 10.3. The van der Waals surface area contributed by atoms with Crippen LogP contribution in [0.1, 0.15) is 31.1 Å². The van der Waals surface area contributed by atoms with Crippen LogP contribution in [0, 0.1) is 11.3 Å². The van der Waals surface area contributed by atoms with Crippen molar-refractivity contribution in [2.45, 2.75) is 26.3 Å². The predicted octanol–water partition coefficient (Wildman–Crippen LogP) is 2.21. The number of rotatable bonds is 4. The van der Waals surface area contributed by atoms with Crippen molar-refractivity contribution in [1.82, 2.24) is 5.32 Å². The third kappa shape index (κ3) is 5.29. The van der Waals surface area contributed by atoms with E-state index in [-0.39, 0.29) is 17.0 Å². The minimum absolute atomic E-state index is 0.160. The average molecular weight is 301 g/mol. The molecule has 2 N–H and O–H groups in total. The minimum atomic E-state index is -0.725. The lowest BCUT2D eigenvalue weighted by Gasteiger charge is -2.20. The summed E-state index contributed by atoms with van der Waals surface area (Å²) in [7, 11) is 1.20. The number of hydrogen-bond donors (Lipinski definition) is 2. The number of amides is 1. The first kappa shape index (κ1) is 17.2. The van der Waals surface area contributed by atoms with Gasteiger partial charge < -0.3 is 15.4 Å². The largest absolute Gasteiger partial charge is 0.465 e. The molecule has 0 unspecified atom stereocenters. The first-order valence-corrected chi connectivity index (χ1v) is 6.64. The van der Waals surface area contributed by atoms with Gasteiger partial charge in [-0.25, -0.2) is 4.79 Å². The number of esters is 1. The van der Waals surface area contributed by atoms with E-state index in [1.807, 2.05) is 20.8 Å². The highest BCUT2D eigenvalue weighted by Crippen LogP contribution is 2.12. The number of carbonyl (C=O) groups excluding carboxylic acids is 2. The van der Waals surface area contributed by atoms with Crippen molar-refractivity contribution in [2.24, 2.45) is 0 Å². The molecule has 0 fully saturated rings. The molecule has 1 aromatic rings. The van der Waals surface area contributed by atoms with E-state index in [2.05, 4.69) is 15.4 Å². The zero-order chi connectivity index (χ0) is 16.8. The third-order valence-electron chi connectivity index (χ3n) is 2.52. The minimum Gasteiger partial charge on any atom is -0.465 e. The van der Waals surface area contributed by atoms with Crippen molar-refractivity contribution in [3.8, 4) is 6.07 Å². The molecule has 116 valence electrons. The van der Waals surface area contributed by atoms with Crippen molar-refractivity contribution in [1.29, 1.82) is 5.26 Å². The molecule has 6 heteroatoms. The van der Waals surface area contributed by atoms with E-state index in [9.17, 15) is 9.59 Å². The zero-order valence-corrected chi connectivity index (χ0v) is 13.1. The van der Waals surface area contributed by atoms with Crippen LogP contribution in [0.15, 0.2) is 36.0 Å². The summed E-state index contributed by atoms with van der Waals surface area (Å²) >= 11 is 0. The zero-order valence-electron chi connectivity index (χ0n) is 13.1. The van der Waals surface area contributed by atoms with Crippen molar-refractivity contribution in [2.75, 3.05) is 12.4 Å². The number of carbonyl (C=O) groups is 2. The second kappa shape index (κ2) is 7.27. The van der Waals surface area contributed by atoms with Gasteiger partial charge in [-0.15, -0.1) is 0 Å². The number of nitrogens with zero attached hydrogens (tertiary/aromatic N) is 1. The summed E-state index contributed by atoms with van der Waals surface area (Å²) in [6.07, 6.45) is 1.24. The fraction of sp³-hybridized carbons (Fsp3) is 0.312. The van der Waals surface area contributed by atoms with Gasteiger partial charge in [-0.05, 0) is 39.0 Å². The highest BCUT2D eigenvalue weighted by atomic mass is 16.5. The second-order valence-electron chi connectivity index (χ2n) is 5.59. The molecule has 0 radical (unpaired) electrons. The lowest BCUT2D eigenvalue weighted by molar-refractivity contribution is -0.135. The Morgan fingerprint density at radius 1 is 1.32 bits per heavy atom. The predicted molar refractivity (Wildman–Crippen MR) is 83.0 cm³/mol. The van der Waals surface area contributed by atoms with Crippen LogP contribution in [0.2, 0.25) is 0 Å². The first-order valence-electron chi connectivity index (χ1n) is 6.64. The quantitative estimate of drug-likeness (QED) is 0.505. The van der Waals surface area contributed by atoms with Gasteiger partial charge in [-0.1, -0.05) is 6.07 Å². The molecule has 1 rings (SSSR count). The molecule has 0 heterocycles. The van der Waals surface area contributed by atoms with Crippen molar-refractivity contribution in [3.05, 3.63) is 41.6 Å². The Morgan fingerprint density at radius 3 is 2.55 bits per heavy atom. The summed E-state index contributed by atoms with van der Waals surface area (Å²) in [5.74, 6) is -0.926. The maximum absolute atomic E-state index is 12.1.